The zero-order valence-corrected chi connectivity index (χ0v) is 15.6. The van der Waals surface area contributed by atoms with Crippen molar-refractivity contribution in [2.75, 3.05) is 18.4 Å². The van der Waals surface area contributed by atoms with Crippen LogP contribution in [0, 0.1) is 11.3 Å². The van der Waals surface area contributed by atoms with E-state index in [4.69, 9.17) is 0 Å². The van der Waals surface area contributed by atoms with E-state index in [9.17, 15) is 31.2 Å². The van der Waals surface area contributed by atoms with Crippen molar-refractivity contribution < 1.29 is 31.2 Å². The highest BCUT2D eigenvalue weighted by molar-refractivity contribution is 7.92. The lowest BCUT2D eigenvalue weighted by Gasteiger charge is -2.32. The number of hydrogen-bond acceptors (Lipinski definition) is 4. The summed E-state index contributed by atoms with van der Waals surface area (Å²) in [7, 11) is -5.48. The highest BCUT2D eigenvalue weighted by Gasteiger charge is 2.58. The number of anilines is 1. The molecule has 0 bridgehead atoms. The van der Waals surface area contributed by atoms with Crippen LogP contribution in [0.25, 0.3) is 0 Å². The lowest BCUT2D eigenvalue weighted by atomic mass is 9.90. The fraction of sp³-hybridized carbons (Fsp3) is 0.444. The van der Waals surface area contributed by atoms with Crippen molar-refractivity contribution in [1.82, 2.24) is 4.90 Å². The third-order valence-corrected chi connectivity index (χ3v) is 6.95. The molecule has 2 fully saturated rings. The van der Waals surface area contributed by atoms with E-state index < -0.39 is 20.2 Å². The molecule has 1 aliphatic carbocycles. The van der Waals surface area contributed by atoms with Crippen LogP contribution in [0.4, 0.5) is 18.9 Å². The van der Waals surface area contributed by atoms with Crippen LogP contribution < -0.4 is 5.32 Å². The van der Waals surface area contributed by atoms with Crippen LogP contribution in [0.1, 0.15) is 19.3 Å². The first-order chi connectivity index (χ1) is 13.0. The van der Waals surface area contributed by atoms with E-state index in [1.165, 1.54) is 12.1 Å². The third-order valence-electron chi connectivity index (χ3n) is 5.47. The second-order valence-corrected chi connectivity index (χ2v) is 9.06. The Morgan fingerprint density at radius 2 is 1.89 bits per heavy atom. The van der Waals surface area contributed by atoms with Crippen LogP contribution in [0.15, 0.2) is 41.8 Å². The van der Waals surface area contributed by atoms with Gasteiger partial charge in [-0.25, -0.2) is 8.42 Å². The molecule has 1 aromatic carbocycles. The minimum atomic E-state index is -5.48. The van der Waals surface area contributed by atoms with E-state index >= 15 is 0 Å². The molecule has 6 nitrogen and oxygen atoms in total. The predicted molar refractivity (Wildman–Crippen MR) is 94.9 cm³/mol. The standard InChI is InChI=1S/C18H19F3N2O4S/c1-2-15(24)23-8-6-17(7-9-23)11-14(17)16(25)22-12-4-3-5-13(10-12)28(26,27)18(19,20)21/h2-5,10,14H,1,6-9,11H2,(H,22,25). The lowest BCUT2D eigenvalue weighted by Crippen LogP contribution is -2.39. The molecule has 1 N–H and O–H groups in total. The molecule has 0 radical (unpaired) electrons. The van der Waals surface area contributed by atoms with Crippen molar-refractivity contribution in [1.29, 1.82) is 0 Å². The van der Waals surface area contributed by atoms with Gasteiger partial charge in [0, 0.05) is 24.7 Å². The van der Waals surface area contributed by atoms with Crippen LogP contribution >= 0.6 is 0 Å². The largest absolute Gasteiger partial charge is 0.501 e. The average molecular weight is 416 g/mol. The van der Waals surface area contributed by atoms with E-state index in [1.54, 1.807) is 4.90 Å². The van der Waals surface area contributed by atoms with E-state index in [0.717, 1.165) is 18.2 Å². The topological polar surface area (TPSA) is 83.6 Å². The Morgan fingerprint density at radius 1 is 1.25 bits per heavy atom. The number of alkyl halides is 3. The van der Waals surface area contributed by atoms with E-state index in [2.05, 4.69) is 11.9 Å². The first-order valence-electron chi connectivity index (χ1n) is 8.64. The molecule has 1 aliphatic heterocycles. The summed E-state index contributed by atoms with van der Waals surface area (Å²) in [6, 6.07) is 4.13. The molecule has 3 rings (SSSR count). The van der Waals surface area contributed by atoms with Gasteiger partial charge in [0.05, 0.1) is 4.90 Å². The molecule has 10 heteroatoms. The Morgan fingerprint density at radius 3 is 2.46 bits per heavy atom. The number of amides is 2. The highest BCUT2D eigenvalue weighted by atomic mass is 32.2. The van der Waals surface area contributed by atoms with Gasteiger partial charge in [-0.3, -0.25) is 9.59 Å². The molecule has 1 spiro atoms. The summed E-state index contributed by atoms with van der Waals surface area (Å²) in [5, 5.41) is 2.52. The molecule has 1 atom stereocenters. The van der Waals surface area contributed by atoms with Crippen LogP contribution in [0.2, 0.25) is 0 Å². The van der Waals surface area contributed by atoms with Gasteiger partial charge in [-0.05, 0) is 49.0 Å². The number of carbonyl (C=O) groups excluding carboxylic acids is 2. The van der Waals surface area contributed by atoms with Gasteiger partial charge >= 0.3 is 5.51 Å². The maximum absolute atomic E-state index is 12.7. The number of likely N-dealkylation sites (tertiary alicyclic amines) is 1. The number of rotatable bonds is 4. The quantitative estimate of drug-likeness (QED) is 0.765. The van der Waals surface area contributed by atoms with Crippen LogP contribution in [0.5, 0.6) is 0 Å². The van der Waals surface area contributed by atoms with Crippen molar-refractivity contribution in [2.45, 2.75) is 29.7 Å². The zero-order chi connectivity index (χ0) is 20.7. The summed E-state index contributed by atoms with van der Waals surface area (Å²) in [5.74, 6) is -0.819. The van der Waals surface area contributed by atoms with Crippen LogP contribution in [-0.4, -0.2) is 43.7 Å². The van der Waals surface area contributed by atoms with Crippen molar-refractivity contribution in [2.24, 2.45) is 11.3 Å². The predicted octanol–water partition coefficient (Wildman–Crippen LogP) is 2.73. The Balaban J connectivity index is 1.65. The van der Waals surface area contributed by atoms with Gasteiger partial charge in [-0.1, -0.05) is 12.6 Å². The maximum atomic E-state index is 12.7. The third kappa shape index (κ3) is 3.65. The Labute approximate surface area is 160 Å². The van der Waals surface area contributed by atoms with Gasteiger partial charge in [0.15, 0.2) is 0 Å². The molecule has 1 saturated carbocycles. The summed E-state index contributed by atoms with van der Waals surface area (Å²) in [6.07, 6.45) is 3.20. The van der Waals surface area contributed by atoms with E-state index in [0.29, 0.717) is 32.4 Å². The van der Waals surface area contributed by atoms with Gasteiger partial charge < -0.3 is 10.2 Å². The molecule has 28 heavy (non-hydrogen) atoms. The molecule has 2 amide bonds. The fourth-order valence-electron chi connectivity index (χ4n) is 3.68. The smallest absolute Gasteiger partial charge is 0.339 e. The van der Waals surface area contributed by atoms with E-state index in [-0.39, 0.29) is 28.8 Å². The van der Waals surface area contributed by atoms with Crippen molar-refractivity contribution in [3.63, 3.8) is 0 Å². The van der Waals surface area contributed by atoms with Crippen molar-refractivity contribution in [3.8, 4) is 0 Å². The average Bonchev–Trinajstić information content (AvgIpc) is 3.34. The number of halogens is 3. The molecule has 0 aromatic heterocycles. The SMILES string of the molecule is C=CC(=O)N1CCC2(CC1)CC2C(=O)Nc1cccc(S(=O)(=O)C(F)(F)F)c1. The van der Waals surface area contributed by atoms with Crippen LogP contribution in [-0.2, 0) is 19.4 Å². The number of hydrogen-bond donors (Lipinski definition) is 1. The first-order valence-corrected chi connectivity index (χ1v) is 10.1. The molecular weight excluding hydrogens is 397 g/mol. The molecule has 152 valence electrons. The lowest BCUT2D eigenvalue weighted by molar-refractivity contribution is -0.127. The van der Waals surface area contributed by atoms with Crippen molar-refractivity contribution in [3.05, 3.63) is 36.9 Å². The summed E-state index contributed by atoms with van der Waals surface area (Å²) < 4.78 is 61.1. The van der Waals surface area contributed by atoms with Crippen molar-refractivity contribution >= 4 is 27.3 Å². The number of carbonyl (C=O) groups is 2. The van der Waals surface area contributed by atoms with Gasteiger partial charge in [0.25, 0.3) is 9.84 Å². The fourth-order valence-corrected chi connectivity index (χ4v) is 4.48. The van der Waals surface area contributed by atoms with E-state index in [1.807, 2.05) is 0 Å². The molecular formula is C18H19F3N2O4S. The first kappa shape index (κ1) is 20.4. The Kier molecular flexibility index (Phi) is 5.03. The van der Waals surface area contributed by atoms with Gasteiger partial charge in [0.2, 0.25) is 11.8 Å². The Hall–Kier alpha value is -2.36. The molecule has 1 saturated heterocycles. The summed E-state index contributed by atoms with van der Waals surface area (Å²) >= 11 is 0. The molecule has 1 aromatic rings. The minimum Gasteiger partial charge on any atom is -0.339 e. The summed E-state index contributed by atoms with van der Waals surface area (Å²) in [6.45, 7) is 4.49. The second-order valence-electron chi connectivity index (χ2n) is 7.11. The summed E-state index contributed by atoms with van der Waals surface area (Å²) in [4.78, 5) is 24.9. The van der Waals surface area contributed by atoms with Gasteiger partial charge in [0.1, 0.15) is 0 Å². The number of piperidine rings is 1. The second kappa shape index (κ2) is 6.91. The maximum Gasteiger partial charge on any atom is 0.501 e. The van der Waals surface area contributed by atoms with Gasteiger partial charge in [-0.2, -0.15) is 13.2 Å². The van der Waals surface area contributed by atoms with Crippen LogP contribution in [0.3, 0.4) is 0 Å². The highest BCUT2D eigenvalue weighted by Crippen LogP contribution is 2.59. The summed E-state index contributed by atoms with van der Waals surface area (Å²) in [5.41, 5.74) is -5.62. The minimum absolute atomic E-state index is 0.00311. The normalized spacial score (nSPS) is 21.2. The zero-order valence-electron chi connectivity index (χ0n) is 14.8. The number of nitrogens with zero attached hydrogens (tertiary/aromatic N) is 1. The monoisotopic (exact) mass is 416 g/mol. The number of sulfone groups is 1. The van der Waals surface area contributed by atoms with Gasteiger partial charge in [-0.15, -0.1) is 0 Å². The molecule has 1 unspecified atom stereocenters. The molecule has 2 aliphatic rings. The number of benzene rings is 1. The number of nitrogens with one attached hydrogen (secondary N) is 1. The molecule has 1 heterocycles. The Bertz CT molecular complexity index is 919.